The van der Waals surface area contributed by atoms with Gasteiger partial charge in [0.2, 0.25) is 5.91 Å². The maximum absolute atomic E-state index is 11.8. The van der Waals surface area contributed by atoms with E-state index < -0.39 is 0 Å². The van der Waals surface area contributed by atoms with E-state index in [2.05, 4.69) is 21.2 Å². The summed E-state index contributed by atoms with van der Waals surface area (Å²) < 4.78 is 6.45. The van der Waals surface area contributed by atoms with Crippen LogP contribution >= 0.6 is 27.7 Å². The number of halogens is 1. The number of hydrogen-bond acceptors (Lipinski definition) is 4. The molecule has 0 heterocycles. The van der Waals surface area contributed by atoms with Crippen LogP contribution in [0.25, 0.3) is 0 Å². The highest BCUT2D eigenvalue weighted by Gasteiger charge is 2.17. The highest BCUT2D eigenvalue weighted by molar-refractivity contribution is 9.10. The van der Waals surface area contributed by atoms with Crippen molar-refractivity contribution < 1.29 is 14.6 Å². The van der Waals surface area contributed by atoms with Crippen molar-refractivity contribution in [2.75, 3.05) is 19.5 Å². The summed E-state index contributed by atoms with van der Waals surface area (Å²) in [5, 5.41) is 12.0. The first-order valence-corrected chi connectivity index (χ1v) is 8.46. The van der Waals surface area contributed by atoms with Gasteiger partial charge in [0.1, 0.15) is 5.75 Å². The zero-order chi connectivity index (χ0) is 15.0. The van der Waals surface area contributed by atoms with Crippen molar-refractivity contribution in [3.05, 3.63) is 28.7 Å². The van der Waals surface area contributed by atoms with Crippen LogP contribution in [0, 0.1) is 0 Å². The van der Waals surface area contributed by atoms with E-state index in [0.717, 1.165) is 10.2 Å². The van der Waals surface area contributed by atoms with E-state index in [1.807, 2.05) is 37.4 Å². The molecule has 0 radical (unpaired) electrons. The lowest BCUT2D eigenvalue weighted by molar-refractivity contribution is -0.122. The lowest BCUT2D eigenvalue weighted by Crippen LogP contribution is -2.41. The third kappa shape index (κ3) is 6.15. The van der Waals surface area contributed by atoms with E-state index in [4.69, 9.17) is 9.84 Å². The molecule has 112 valence electrons. The van der Waals surface area contributed by atoms with Crippen molar-refractivity contribution in [3.8, 4) is 5.75 Å². The fourth-order valence-corrected chi connectivity index (χ4v) is 2.68. The van der Waals surface area contributed by atoms with Crippen molar-refractivity contribution in [2.45, 2.75) is 24.6 Å². The summed E-state index contributed by atoms with van der Waals surface area (Å²) in [7, 11) is 0. The van der Waals surface area contributed by atoms with Gasteiger partial charge in [-0.25, -0.2) is 0 Å². The molecule has 0 aromatic heterocycles. The average Bonchev–Trinajstić information content (AvgIpc) is 2.40. The molecule has 0 fully saturated rings. The smallest absolute Gasteiger partial charge is 0.223 e. The van der Waals surface area contributed by atoms with E-state index in [-0.39, 0.29) is 23.8 Å². The van der Waals surface area contributed by atoms with Crippen LogP contribution in [0.3, 0.4) is 0 Å². The minimum atomic E-state index is -0.0694. The van der Waals surface area contributed by atoms with Gasteiger partial charge in [0.05, 0.1) is 19.6 Å². The van der Waals surface area contributed by atoms with Crippen LogP contribution in [0.5, 0.6) is 5.75 Å². The van der Waals surface area contributed by atoms with Crippen LogP contribution in [0.1, 0.15) is 13.3 Å². The highest BCUT2D eigenvalue weighted by atomic mass is 79.9. The largest absolute Gasteiger partial charge is 0.493 e. The molecule has 0 aliphatic heterocycles. The first-order valence-electron chi connectivity index (χ1n) is 6.38. The van der Waals surface area contributed by atoms with Crippen molar-refractivity contribution in [1.29, 1.82) is 0 Å². The molecule has 1 aromatic rings. The number of ether oxygens (including phenoxy) is 1. The Balaban J connectivity index is 2.30. The summed E-state index contributed by atoms with van der Waals surface area (Å²) in [5.74, 6) is 0.664. The fraction of sp³-hybridized carbons (Fsp3) is 0.500. The summed E-state index contributed by atoms with van der Waals surface area (Å²) in [6.07, 6.45) is 2.21. The predicted molar refractivity (Wildman–Crippen MR) is 86.2 cm³/mol. The molecule has 2 unspecified atom stereocenters. The molecule has 2 atom stereocenters. The summed E-state index contributed by atoms with van der Waals surface area (Å²) in [6, 6.07) is 7.44. The molecule has 0 bridgehead atoms. The third-order valence-corrected chi connectivity index (χ3v) is 4.48. The van der Waals surface area contributed by atoms with Crippen molar-refractivity contribution >= 4 is 33.6 Å². The number of aliphatic hydroxyl groups excluding tert-OH is 1. The quantitative estimate of drug-likeness (QED) is 0.746. The molecular formula is C14H20BrNO3S. The van der Waals surface area contributed by atoms with Crippen LogP contribution in [0.15, 0.2) is 28.7 Å². The summed E-state index contributed by atoms with van der Waals surface area (Å²) in [5.41, 5.74) is 0. The molecular weight excluding hydrogens is 342 g/mol. The van der Waals surface area contributed by atoms with E-state index in [0.29, 0.717) is 13.0 Å². The van der Waals surface area contributed by atoms with Gasteiger partial charge in [0.25, 0.3) is 0 Å². The Morgan fingerprint density at radius 2 is 2.30 bits per heavy atom. The second kappa shape index (κ2) is 9.26. The average molecular weight is 362 g/mol. The Labute approximate surface area is 132 Å². The molecule has 1 rings (SSSR count). The Morgan fingerprint density at radius 1 is 1.55 bits per heavy atom. The Morgan fingerprint density at radius 3 is 2.90 bits per heavy atom. The molecule has 1 amide bonds. The molecule has 2 N–H and O–H groups in total. The minimum Gasteiger partial charge on any atom is -0.493 e. The first-order chi connectivity index (χ1) is 9.56. The lowest BCUT2D eigenvalue weighted by Gasteiger charge is -2.21. The molecule has 6 heteroatoms. The van der Waals surface area contributed by atoms with E-state index in [1.54, 1.807) is 11.8 Å². The maximum atomic E-state index is 11.8. The standard InChI is InChI=1S/C14H20BrNO3S/c1-10(13(9-17)20-2)16-14(18)6-7-19-12-5-3-4-11(15)8-12/h3-5,8,10,13,17H,6-7,9H2,1-2H3,(H,16,18). The number of aliphatic hydroxyl groups is 1. The van der Waals surface area contributed by atoms with Gasteiger partial charge in [-0.15, -0.1) is 0 Å². The zero-order valence-electron chi connectivity index (χ0n) is 11.6. The number of rotatable bonds is 8. The second-order valence-corrected chi connectivity index (χ2v) is 6.36. The third-order valence-electron chi connectivity index (χ3n) is 2.82. The van der Waals surface area contributed by atoms with Gasteiger partial charge in [-0.3, -0.25) is 4.79 Å². The van der Waals surface area contributed by atoms with Crippen LogP contribution < -0.4 is 10.1 Å². The van der Waals surface area contributed by atoms with Crippen molar-refractivity contribution in [1.82, 2.24) is 5.32 Å². The number of thioether (sulfide) groups is 1. The molecule has 0 spiro atoms. The Bertz CT molecular complexity index is 427. The summed E-state index contributed by atoms with van der Waals surface area (Å²) >= 11 is 4.90. The van der Waals surface area contributed by atoms with E-state index in [9.17, 15) is 4.79 Å². The molecule has 4 nitrogen and oxygen atoms in total. The molecule has 1 aromatic carbocycles. The van der Waals surface area contributed by atoms with Crippen LogP contribution in [0.2, 0.25) is 0 Å². The van der Waals surface area contributed by atoms with Gasteiger partial charge in [0.15, 0.2) is 0 Å². The predicted octanol–water partition coefficient (Wildman–Crippen LogP) is 2.45. The monoisotopic (exact) mass is 361 g/mol. The number of carbonyl (C=O) groups excluding carboxylic acids is 1. The van der Waals surface area contributed by atoms with Crippen LogP contribution in [-0.2, 0) is 4.79 Å². The normalized spacial score (nSPS) is 13.6. The van der Waals surface area contributed by atoms with E-state index >= 15 is 0 Å². The van der Waals surface area contributed by atoms with Gasteiger partial charge in [0, 0.05) is 15.8 Å². The second-order valence-electron chi connectivity index (χ2n) is 4.37. The lowest BCUT2D eigenvalue weighted by atomic mass is 10.2. The van der Waals surface area contributed by atoms with Crippen LogP contribution in [-0.4, -0.2) is 41.8 Å². The van der Waals surface area contributed by atoms with Gasteiger partial charge in [-0.05, 0) is 31.4 Å². The molecule has 0 saturated carbocycles. The highest BCUT2D eigenvalue weighted by Crippen LogP contribution is 2.17. The summed E-state index contributed by atoms with van der Waals surface area (Å²) in [4.78, 5) is 11.8. The van der Waals surface area contributed by atoms with E-state index in [1.165, 1.54) is 0 Å². The SMILES string of the molecule is CSC(CO)C(C)NC(=O)CCOc1cccc(Br)c1. The van der Waals surface area contributed by atoms with Crippen molar-refractivity contribution in [3.63, 3.8) is 0 Å². The molecule has 0 aliphatic rings. The van der Waals surface area contributed by atoms with Gasteiger partial charge in [-0.2, -0.15) is 11.8 Å². The minimum absolute atomic E-state index is 0.0185. The topological polar surface area (TPSA) is 58.6 Å². The Hall–Kier alpha value is -0.720. The zero-order valence-corrected chi connectivity index (χ0v) is 14.0. The van der Waals surface area contributed by atoms with Gasteiger partial charge < -0.3 is 15.2 Å². The fourth-order valence-electron chi connectivity index (χ4n) is 1.67. The number of hydrogen-bond donors (Lipinski definition) is 2. The van der Waals surface area contributed by atoms with Gasteiger partial charge in [-0.1, -0.05) is 22.0 Å². The molecule has 20 heavy (non-hydrogen) atoms. The van der Waals surface area contributed by atoms with Crippen molar-refractivity contribution in [2.24, 2.45) is 0 Å². The summed E-state index contributed by atoms with van der Waals surface area (Å²) in [6.45, 7) is 2.28. The number of amides is 1. The van der Waals surface area contributed by atoms with Crippen LogP contribution in [0.4, 0.5) is 0 Å². The molecule has 0 aliphatic carbocycles. The maximum Gasteiger partial charge on any atom is 0.223 e. The molecule has 0 saturated heterocycles. The van der Waals surface area contributed by atoms with Gasteiger partial charge >= 0.3 is 0 Å². The Kier molecular flexibility index (Phi) is 8.02. The number of nitrogens with one attached hydrogen (secondary N) is 1. The first kappa shape index (κ1) is 17.3. The number of carbonyl (C=O) groups is 1. The number of benzene rings is 1.